The molecule has 0 saturated heterocycles. The van der Waals surface area contributed by atoms with Gasteiger partial charge in [-0.2, -0.15) is 0 Å². The maximum Gasteiger partial charge on any atom is 0.185 e. The lowest BCUT2D eigenvalue weighted by molar-refractivity contribution is -0.116. The molecule has 10 nitrogen and oxygen atoms in total. The number of carbonyl (C=O) groups is 4. The Bertz CT molecular complexity index is 3190. The van der Waals surface area contributed by atoms with Crippen LogP contribution in [0.3, 0.4) is 0 Å². The number of hydrogen-bond donors (Lipinski definition) is 0. The molecular formula is C78H102O10P2S2. The van der Waals surface area contributed by atoms with E-state index in [0.717, 1.165) is 49.7 Å². The van der Waals surface area contributed by atoms with Crippen molar-refractivity contribution in [3.8, 4) is 0 Å². The van der Waals surface area contributed by atoms with E-state index in [1.807, 2.05) is 13.8 Å². The van der Waals surface area contributed by atoms with E-state index in [1.165, 1.54) is 121 Å². The highest BCUT2D eigenvalue weighted by Crippen LogP contribution is 2.57. The van der Waals surface area contributed by atoms with Gasteiger partial charge in [0.25, 0.3) is 0 Å². The van der Waals surface area contributed by atoms with Gasteiger partial charge >= 0.3 is 0 Å². The van der Waals surface area contributed by atoms with Crippen LogP contribution in [-0.4, -0.2) is 73.9 Å². The third-order valence-electron chi connectivity index (χ3n) is 17.1. The first-order valence-electron chi connectivity index (χ1n) is 31.8. The number of benzene rings is 6. The van der Waals surface area contributed by atoms with E-state index in [9.17, 15) is 19.2 Å². The number of Topliss-reactive ketones (excluding diaryl/α,β-unsaturated/α-hetero) is 4. The predicted molar refractivity (Wildman–Crippen MR) is 390 cm³/mol. The molecule has 92 heavy (non-hydrogen) atoms. The molecule has 0 bridgehead atoms. The van der Waals surface area contributed by atoms with Crippen LogP contribution >= 0.6 is 14.5 Å². The molecule has 0 N–H and O–H groups in total. The van der Waals surface area contributed by atoms with Crippen LogP contribution < -0.4 is 31.8 Å². The first-order valence-corrected chi connectivity index (χ1v) is 39.4. The minimum absolute atomic E-state index is 0. The van der Waals surface area contributed by atoms with Gasteiger partial charge in [-0.3, -0.25) is 19.2 Å². The van der Waals surface area contributed by atoms with Crippen molar-refractivity contribution in [2.24, 2.45) is 0 Å². The molecule has 0 atom stereocenters. The van der Waals surface area contributed by atoms with Gasteiger partial charge in [-0.25, -0.2) is 16.8 Å². The minimum atomic E-state index is -3.92. The van der Waals surface area contributed by atoms with E-state index in [4.69, 9.17) is 25.9 Å². The maximum absolute atomic E-state index is 12.6. The molecule has 0 radical (unpaired) electrons. The van der Waals surface area contributed by atoms with Gasteiger partial charge in [-0.1, -0.05) is 188 Å². The average molecular weight is 1330 g/mol. The Labute approximate surface area is 554 Å². The Hall–Kier alpha value is -6.36. The Kier molecular flexibility index (Phi) is 34.7. The quantitative estimate of drug-likeness (QED) is 0.0198. The molecule has 6 aromatic rings. The summed E-state index contributed by atoms with van der Waals surface area (Å²) in [5.74, 6) is 0.251. The summed E-state index contributed by atoms with van der Waals surface area (Å²) in [6, 6.07) is 67.0. The van der Waals surface area contributed by atoms with Crippen molar-refractivity contribution in [2.45, 2.75) is 172 Å². The minimum Gasteiger partial charge on any atom is -0.748 e. The van der Waals surface area contributed by atoms with Crippen molar-refractivity contribution >= 4 is 89.7 Å². The van der Waals surface area contributed by atoms with Crippen molar-refractivity contribution in [1.82, 2.24) is 0 Å². The van der Waals surface area contributed by atoms with Crippen LogP contribution in [-0.2, 0) is 39.4 Å². The average Bonchev–Trinajstić information content (AvgIpc) is 0.775. The Morgan fingerprint density at radius 1 is 0.272 bits per heavy atom. The lowest BCUT2D eigenvalue weighted by Gasteiger charge is -2.27. The standard InChI is InChI=1S/2C37H44O2P.2CH4O3S.2CH4/c2*1-29-30(2)37(39)35(31(3)36(29)38)27-19-8-6-4-5-7-9-20-28-40(32-21-13-10-14-22-32,33-23-15-11-16-24-33)34-25-17-12-18-26-34;2*1-5(2,3)4;;/h2*10-18,21-26H,4-9,19-20,27-28H2,1-3H3;2*1H3,(H,2,3,4);2*1H4/q2*+1;;;;/p-2. The molecule has 0 spiro atoms. The zero-order chi connectivity index (χ0) is 65.7. The molecule has 496 valence electrons. The fraction of sp³-hybridized carbons (Fsp3) is 0.385. The van der Waals surface area contributed by atoms with Gasteiger partial charge in [0.2, 0.25) is 0 Å². The second kappa shape index (κ2) is 40.0. The summed E-state index contributed by atoms with van der Waals surface area (Å²) in [4.78, 5) is 50.0. The number of ketones is 4. The molecule has 0 amide bonds. The van der Waals surface area contributed by atoms with Gasteiger partial charge in [0.05, 0.1) is 32.6 Å². The smallest absolute Gasteiger partial charge is 0.185 e. The Balaban J connectivity index is 0.000000410. The molecule has 0 unspecified atom stereocenters. The summed E-state index contributed by atoms with van der Waals surface area (Å²) in [6.45, 7) is 10.7. The highest BCUT2D eigenvalue weighted by molar-refractivity contribution is 7.96. The first kappa shape index (κ1) is 79.9. The first-order chi connectivity index (χ1) is 42.9. The summed E-state index contributed by atoms with van der Waals surface area (Å²) in [5, 5.41) is 8.82. The number of allylic oxidation sites excluding steroid dienone is 8. The molecule has 6 aromatic carbocycles. The molecule has 2 aliphatic carbocycles. The molecule has 2 aliphatic rings. The summed E-state index contributed by atoms with van der Waals surface area (Å²) in [6.07, 6.45) is 24.1. The van der Waals surface area contributed by atoms with E-state index in [2.05, 4.69) is 182 Å². The Morgan fingerprint density at radius 3 is 0.630 bits per heavy atom. The molecule has 0 heterocycles. The van der Waals surface area contributed by atoms with Gasteiger partial charge in [-0.15, -0.1) is 0 Å². The third kappa shape index (κ3) is 24.2. The van der Waals surface area contributed by atoms with Crippen LogP contribution in [0.15, 0.2) is 227 Å². The fourth-order valence-corrected chi connectivity index (χ4v) is 20.9. The summed E-state index contributed by atoms with van der Waals surface area (Å²) < 4.78 is 54.5. The summed E-state index contributed by atoms with van der Waals surface area (Å²) >= 11 is 0. The lowest BCUT2D eigenvalue weighted by atomic mass is 9.84. The summed E-state index contributed by atoms with van der Waals surface area (Å²) in [5.41, 5.74) is 5.30. The van der Waals surface area contributed by atoms with Crippen LogP contribution in [0.1, 0.15) is 172 Å². The van der Waals surface area contributed by atoms with Crippen LogP contribution in [0, 0.1) is 0 Å². The monoisotopic (exact) mass is 1320 g/mol. The van der Waals surface area contributed by atoms with Crippen molar-refractivity contribution < 1.29 is 45.1 Å². The van der Waals surface area contributed by atoms with Gasteiger partial charge in [0.1, 0.15) is 46.4 Å². The van der Waals surface area contributed by atoms with Crippen molar-refractivity contribution in [3.63, 3.8) is 0 Å². The fourth-order valence-electron chi connectivity index (χ4n) is 12.1. The number of hydrogen-bond acceptors (Lipinski definition) is 10. The molecule has 0 aromatic heterocycles. The SMILES string of the molecule is C.C.CC1=C(C)C(=O)C(CCCCCCCCCC[P+](c2ccccc2)(c2ccccc2)c2ccccc2)=C(C)C1=O.CC1=C(C)C(=O)C(CCCCCCCCCC[P+](c2ccccc2)(c2ccccc2)c2ccccc2)=C(C)C1=O.CS(=O)(=O)[O-].CS(=O)(=O)[O-]. The van der Waals surface area contributed by atoms with E-state index in [-0.39, 0.29) is 38.0 Å². The van der Waals surface area contributed by atoms with Gasteiger partial charge < -0.3 is 9.11 Å². The van der Waals surface area contributed by atoms with Crippen LogP contribution in [0.25, 0.3) is 0 Å². The topological polar surface area (TPSA) is 183 Å². The highest BCUT2D eigenvalue weighted by atomic mass is 32.2. The molecule has 0 saturated carbocycles. The van der Waals surface area contributed by atoms with Gasteiger partial charge in [0.15, 0.2) is 23.1 Å². The van der Waals surface area contributed by atoms with E-state index in [0.29, 0.717) is 46.0 Å². The molecule has 0 fully saturated rings. The molecular weight excluding hydrogens is 1220 g/mol. The number of unbranched alkanes of at least 4 members (excludes halogenated alkanes) is 14. The summed E-state index contributed by atoms with van der Waals surface area (Å²) in [7, 11) is -11.3. The van der Waals surface area contributed by atoms with Gasteiger partial charge in [0, 0.05) is 57.1 Å². The molecule has 0 aliphatic heterocycles. The number of rotatable bonds is 28. The molecule has 14 heteroatoms. The van der Waals surface area contributed by atoms with Crippen molar-refractivity contribution in [2.75, 3.05) is 24.8 Å². The van der Waals surface area contributed by atoms with Crippen LogP contribution in [0.4, 0.5) is 0 Å². The largest absolute Gasteiger partial charge is 0.748 e. The zero-order valence-corrected chi connectivity index (χ0v) is 57.7. The second-order valence-corrected chi connectivity index (χ2v) is 33.7. The van der Waals surface area contributed by atoms with Crippen LogP contribution in [0.2, 0.25) is 0 Å². The zero-order valence-electron chi connectivity index (χ0n) is 54.3. The van der Waals surface area contributed by atoms with Crippen molar-refractivity contribution in [1.29, 1.82) is 0 Å². The van der Waals surface area contributed by atoms with E-state index >= 15 is 0 Å². The third-order valence-corrected chi connectivity index (χ3v) is 26.2. The Morgan fingerprint density at radius 2 is 0.435 bits per heavy atom. The maximum atomic E-state index is 12.6. The predicted octanol–water partition coefficient (Wildman–Crippen LogP) is 16.2. The van der Waals surface area contributed by atoms with E-state index < -0.39 is 34.8 Å². The van der Waals surface area contributed by atoms with Crippen molar-refractivity contribution in [3.05, 3.63) is 227 Å². The lowest BCUT2D eigenvalue weighted by Crippen LogP contribution is -2.33. The molecule has 8 rings (SSSR count). The van der Waals surface area contributed by atoms with Gasteiger partial charge in [-0.05, 0) is 166 Å². The number of carbonyl (C=O) groups excluding carboxylic acids is 4. The highest BCUT2D eigenvalue weighted by Gasteiger charge is 2.46. The second-order valence-electron chi connectivity index (χ2n) is 23.7. The van der Waals surface area contributed by atoms with E-state index in [1.54, 1.807) is 27.7 Å². The normalized spacial score (nSPS) is 13.7. The van der Waals surface area contributed by atoms with Crippen LogP contribution in [0.5, 0.6) is 0 Å².